The van der Waals surface area contributed by atoms with Gasteiger partial charge < -0.3 is 9.88 Å². The van der Waals surface area contributed by atoms with Crippen LogP contribution in [0.15, 0.2) is 43.0 Å². The second-order valence-corrected chi connectivity index (χ2v) is 4.88. The summed E-state index contributed by atoms with van der Waals surface area (Å²) in [4.78, 5) is 16.1. The first-order valence-corrected chi connectivity index (χ1v) is 7.01. The van der Waals surface area contributed by atoms with Crippen LogP contribution in [0.1, 0.15) is 23.3 Å². The van der Waals surface area contributed by atoms with E-state index in [4.69, 9.17) is 0 Å². The van der Waals surface area contributed by atoms with Gasteiger partial charge in [0.1, 0.15) is 0 Å². The molecule has 0 aliphatic rings. The van der Waals surface area contributed by atoms with Crippen LogP contribution in [0.5, 0.6) is 0 Å². The summed E-state index contributed by atoms with van der Waals surface area (Å²) >= 11 is 0. The molecule has 108 valence electrons. The Labute approximate surface area is 122 Å². The highest BCUT2D eigenvalue weighted by atomic mass is 16.1. The molecule has 3 rings (SSSR count). The summed E-state index contributed by atoms with van der Waals surface area (Å²) in [6, 6.07) is 7.62. The van der Waals surface area contributed by atoms with Gasteiger partial charge in [-0.1, -0.05) is 18.2 Å². The highest BCUT2D eigenvalue weighted by Gasteiger charge is 2.12. The van der Waals surface area contributed by atoms with E-state index < -0.39 is 0 Å². The van der Waals surface area contributed by atoms with Crippen molar-refractivity contribution in [2.75, 3.05) is 6.54 Å². The molecule has 0 unspecified atom stereocenters. The monoisotopic (exact) mass is 283 g/mol. The lowest BCUT2D eigenvalue weighted by Gasteiger charge is -2.04. The van der Waals surface area contributed by atoms with Crippen molar-refractivity contribution < 1.29 is 4.79 Å². The van der Waals surface area contributed by atoms with E-state index in [1.54, 1.807) is 12.5 Å². The number of aromatic nitrogens is 4. The van der Waals surface area contributed by atoms with Crippen molar-refractivity contribution in [2.24, 2.45) is 0 Å². The van der Waals surface area contributed by atoms with Crippen LogP contribution in [-0.2, 0) is 6.54 Å². The Balaban J connectivity index is 1.48. The van der Waals surface area contributed by atoms with Gasteiger partial charge in [-0.3, -0.25) is 9.89 Å². The first-order valence-electron chi connectivity index (χ1n) is 7.01. The third-order valence-corrected chi connectivity index (χ3v) is 3.37. The minimum Gasteiger partial charge on any atom is -0.351 e. The van der Waals surface area contributed by atoms with Crippen LogP contribution >= 0.6 is 0 Å². The number of aryl methyl sites for hydroxylation is 1. The zero-order valence-electron chi connectivity index (χ0n) is 11.6. The molecule has 0 saturated carbocycles. The highest BCUT2D eigenvalue weighted by Crippen LogP contribution is 2.14. The molecule has 3 aromatic rings. The predicted molar refractivity (Wildman–Crippen MR) is 79.9 cm³/mol. The summed E-state index contributed by atoms with van der Waals surface area (Å²) in [7, 11) is 0. The molecular weight excluding hydrogens is 266 g/mol. The van der Waals surface area contributed by atoms with E-state index in [0.717, 1.165) is 30.3 Å². The fourth-order valence-electron chi connectivity index (χ4n) is 2.26. The number of nitrogens with zero attached hydrogens (tertiary/aromatic N) is 3. The largest absolute Gasteiger partial charge is 0.351 e. The first kappa shape index (κ1) is 13.4. The minimum absolute atomic E-state index is 0.130. The molecular formula is C15H17N5O. The van der Waals surface area contributed by atoms with Gasteiger partial charge in [-0.15, -0.1) is 0 Å². The molecule has 0 spiro atoms. The lowest BCUT2D eigenvalue weighted by molar-refractivity contribution is 0.0949. The fraction of sp³-hybridized carbons (Fsp3) is 0.267. The molecule has 6 heteroatoms. The van der Waals surface area contributed by atoms with E-state index in [1.165, 1.54) is 0 Å². The molecule has 6 nitrogen and oxygen atoms in total. The smallest absolute Gasteiger partial charge is 0.272 e. The number of imidazole rings is 1. The lowest BCUT2D eigenvalue weighted by Crippen LogP contribution is -2.25. The van der Waals surface area contributed by atoms with Gasteiger partial charge in [0.2, 0.25) is 0 Å². The maximum atomic E-state index is 12.1. The number of H-pyrrole nitrogens is 1. The number of hydrogen-bond acceptors (Lipinski definition) is 3. The molecule has 0 bridgehead atoms. The van der Waals surface area contributed by atoms with Gasteiger partial charge in [0, 0.05) is 30.9 Å². The SMILES string of the molecule is O=C(NCCCCn1ccnc1)c1n[nH]c2ccccc12. The average Bonchev–Trinajstić information content (AvgIpc) is 3.16. The van der Waals surface area contributed by atoms with Crippen molar-refractivity contribution in [3.05, 3.63) is 48.7 Å². The zero-order chi connectivity index (χ0) is 14.5. The number of carbonyl (C=O) groups excluding carboxylic acids is 1. The van der Waals surface area contributed by atoms with E-state index in [-0.39, 0.29) is 5.91 Å². The van der Waals surface area contributed by atoms with Crippen LogP contribution in [0, 0.1) is 0 Å². The van der Waals surface area contributed by atoms with E-state index in [1.807, 2.05) is 35.0 Å². The van der Waals surface area contributed by atoms with Crippen LogP contribution in [0.2, 0.25) is 0 Å². The highest BCUT2D eigenvalue weighted by molar-refractivity contribution is 6.04. The molecule has 2 heterocycles. The molecule has 0 aliphatic carbocycles. The van der Waals surface area contributed by atoms with Crippen molar-refractivity contribution in [1.29, 1.82) is 0 Å². The van der Waals surface area contributed by atoms with Gasteiger partial charge in [-0.05, 0) is 18.9 Å². The average molecular weight is 283 g/mol. The molecule has 1 aromatic carbocycles. The summed E-state index contributed by atoms with van der Waals surface area (Å²) < 4.78 is 2.03. The van der Waals surface area contributed by atoms with Crippen molar-refractivity contribution in [2.45, 2.75) is 19.4 Å². The van der Waals surface area contributed by atoms with Gasteiger partial charge in [0.05, 0.1) is 11.8 Å². The molecule has 0 aliphatic heterocycles. The number of hydrogen-bond donors (Lipinski definition) is 2. The quantitative estimate of drug-likeness (QED) is 0.679. The summed E-state index contributed by atoms with van der Waals surface area (Å²) in [5.41, 5.74) is 1.34. The van der Waals surface area contributed by atoms with Crippen molar-refractivity contribution >= 4 is 16.8 Å². The second kappa shape index (κ2) is 6.21. The van der Waals surface area contributed by atoms with E-state index >= 15 is 0 Å². The lowest BCUT2D eigenvalue weighted by atomic mass is 10.2. The topological polar surface area (TPSA) is 75.6 Å². The Morgan fingerprint density at radius 3 is 3.05 bits per heavy atom. The number of rotatable bonds is 6. The molecule has 0 saturated heterocycles. The summed E-state index contributed by atoms with van der Waals surface area (Å²) in [5, 5.41) is 10.7. The Kier molecular flexibility index (Phi) is 3.95. The van der Waals surface area contributed by atoms with Crippen LogP contribution in [-0.4, -0.2) is 32.2 Å². The van der Waals surface area contributed by atoms with E-state index in [9.17, 15) is 4.79 Å². The number of unbranched alkanes of at least 4 members (excludes halogenated alkanes) is 1. The molecule has 0 radical (unpaired) electrons. The van der Waals surface area contributed by atoms with E-state index in [2.05, 4.69) is 20.5 Å². The first-order chi connectivity index (χ1) is 10.3. The third-order valence-electron chi connectivity index (χ3n) is 3.37. The Morgan fingerprint density at radius 1 is 1.29 bits per heavy atom. The van der Waals surface area contributed by atoms with Gasteiger partial charge in [-0.25, -0.2) is 4.98 Å². The number of nitrogens with one attached hydrogen (secondary N) is 2. The van der Waals surface area contributed by atoms with Gasteiger partial charge in [0.15, 0.2) is 5.69 Å². The van der Waals surface area contributed by atoms with Crippen LogP contribution in [0.4, 0.5) is 0 Å². The molecule has 1 amide bonds. The van der Waals surface area contributed by atoms with Crippen LogP contribution in [0.3, 0.4) is 0 Å². The fourth-order valence-corrected chi connectivity index (χ4v) is 2.26. The number of carbonyl (C=O) groups is 1. The maximum Gasteiger partial charge on any atom is 0.272 e. The third kappa shape index (κ3) is 3.10. The summed E-state index contributed by atoms with van der Waals surface area (Å²) in [6.45, 7) is 1.57. The summed E-state index contributed by atoms with van der Waals surface area (Å²) in [5.74, 6) is -0.130. The van der Waals surface area contributed by atoms with Crippen LogP contribution in [0.25, 0.3) is 10.9 Å². The van der Waals surface area contributed by atoms with E-state index in [0.29, 0.717) is 12.2 Å². The second-order valence-electron chi connectivity index (χ2n) is 4.88. The number of amides is 1. The van der Waals surface area contributed by atoms with Gasteiger partial charge in [-0.2, -0.15) is 5.10 Å². The van der Waals surface area contributed by atoms with Gasteiger partial charge >= 0.3 is 0 Å². The maximum absolute atomic E-state index is 12.1. The summed E-state index contributed by atoms with van der Waals surface area (Å²) in [6.07, 6.45) is 7.43. The van der Waals surface area contributed by atoms with Crippen LogP contribution < -0.4 is 5.32 Å². The normalized spacial score (nSPS) is 10.9. The number of para-hydroxylation sites is 1. The molecule has 0 fully saturated rings. The Morgan fingerprint density at radius 2 is 2.19 bits per heavy atom. The predicted octanol–water partition coefficient (Wildman–Crippen LogP) is 1.97. The number of aromatic amines is 1. The minimum atomic E-state index is -0.130. The van der Waals surface area contributed by atoms with Crippen molar-refractivity contribution in [1.82, 2.24) is 25.1 Å². The molecule has 0 atom stereocenters. The zero-order valence-corrected chi connectivity index (χ0v) is 11.6. The Bertz CT molecular complexity index is 717. The standard InChI is InChI=1S/C15H17N5O/c21-15(14-12-5-1-2-6-13(12)18-19-14)17-7-3-4-9-20-10-8-16-11-20/h1-2,5-6,8,10-11H,3-4,7,9H2,(H,17,21)(H,18,19). The van der Waals surface area contributed by atoms with Crippen molar-refractivity contribution in [3.8, 4) is 0 Å². The Hall–Kier alpha value is -2.63. The number of benzene rings is 1. The molecule has 2 aromatic heterocycles. The number of fused-ring (bicyclic) bond motifs is 1. The molecule has 2 N–H and O–H groups in total. The van der Waals surface area contributed by atoms with Crippen molar-refractivity contribution in [3.63, 3.8) is 0 Å². The molecule has 21 heavy (non-hydrogen) atoms. The van der Waals surface area contributed by atoms with Gasteiger partial charge in [0.25, 0.3) is 5.91 Å².